The van der Waals surface area contributed by atoms with E-state index in [1.165, 1.54) is 0 Å². The molecule has 1 unspecified atom stereocenters. The lowest BCUT2D eigenvalue weighted by Gasteiger charge is -2.29. The van der Waals surface area contributed by atoms with E-state index in [1.54, 1.807) is 4.90 Å². The summed E-state index contributed by atoms with van der Waals surface area (Å²) in [5.41, 5.74) is 2.76. The monoisotopic (exact) mass is 400 g/mol. The van der Waals surface area contributed by atoms with Crippen LogP contribution in [0.4, 0.5) is 0 Å². The molecule has 150 valence electrons. The molecular formula is C22H28N2O3S. The molecule has 0 bridgehead atoms. The van der Waals surface area contributed by atoms with Crippen molar-refractivity contribution in [3.63, 3.8) is 0 Å². The third-order valence-corrected chi connectivity index (χ3v) is 6.90. The van der Waals surface area contributed by atoms with Crippen molar-refractivity contribution in [1.82, 2.24) is 9.80 Å². The molecule has 0 saturated carbocycles. The van der Waals surface area contributed by atoms with Crippen molar-refractivity contribution >= 4 is 15.7 Å². The molecule has 1 aliphatic heterocycles. The summed E-state index contributed by atoms with van der Waals surface area (Å²) >= 11 is 0. The highest BCUT2D eigenvalue weighted by atomic mass is 32.2. The van der Waals surface area contributed by atoms with Gasteiger partial charge in [-0.15, -0.1) is 0 Å². The summed E-state index contributed by atoms with van der Waals surface area (Å²) in [6.45, 7) is 1.42. The molecule has 1 saturated heterocycles. The zero-order valence-electron chi connectivity index (χ0n) is 16.5. The van der Waals surface area contributed by atoms with Crippen molar-refractivity contribution in [2.75, 3.05) is 38.7 Å². The molecular weight excluding hydrogens is 372 g/mol. The molecule has 2 aromatic rings. The minimum Gasteiger partial charge on any atom is -0.335 e. The largest absolute Gasteiger partial charge is 0.335 e. The summed E-state index contributed by atoms with van der Waals surface area (Å²) in [7, 11) is 0.944. The number of rotatable bonds is 7. The number of nitrogens with zero attached hydrogens (tertiary/aromatic N) is 2. The topological polar surface area (TPSA) is 57.7 Å². The van der Waals surface area contributed by atoms with Crippen molar-refractivity contribution in [3.8, 4) is 11.1 Å². The zero-order valence-corrected chi connectivity index (χ0v) is 17.4. The van der Waals surface area contributed by atoms with Gasteiger partial charge in [-0.3, -0.25) is 4.79 Å². The first kappa shape index (κ1) is 20.6. The molecule has 1 amide bonds. The van der Waals surface area contributed by atoms with E-state index in [-0.39, 0.29) is 23.5 Å². The maximum Gasteiger partial charge on any atom is 0.254 e. The van der Waals surface area contributed by atoms with Crippen LogP contribution < -0.4 is 0 Å². The van der Waals surface area contributed by atoms with Crippen LogP contribution in [0.5, 0.6) is 0 Å². The van der Waals surface area contributed by atoms with Crippen LogP contribution in [-0.2, 0) is 9.84 Å². The highest BCUT2D eigenvalue weighted by Crippen LogP contribution is 2.23. The van der Waals surface area contributed by atoms with E-state index in [9.17, 15) is 13.2 Å². The lowest BCUT2D eigenvalue weighted by Crippen LogP contribution is -2.42. The number of sulfone groups is 1. The van der Waals surface area contributed by atoms with E-state index >= 15 is 0 Å². The fourth-order valence-electron chi connectivity index (χ4n) is 3.63. The average molecular weight is 401 g/mol. The first-order valence-electron chi connectivity index (χ1n) is 9.67. The Kier molecular flexibility index (Phi) is 6.52. The molecule has 0 aliphatic carbocycles. The fourth-order valence-corrected chi connectivity index (χ4v) is 5.36. The maximum absolute atomic E-state index is 13.2. The number of carbonyl (C=O) groups is 1. The molecule has 3 rings (SSSR count). The Balaban J connectivity index is 1.78. The van der Waals surface area contributed by atoms with E-state index in [2.05, 4.69) is 4.90 Å². The van der Waals surface area contributed by atoms with Crippen LogP contribution in [0.1, 0.15) is 23.2 Å². The quantitative estimate of drug-likeness (QED) is 0.717. The number of hydrogen-bond acceptors (Lipinski definition) is 4. The first-order valence-corrected chi connectivity index (χ1v) is 11.5. The van der Waals surface area contributed by atoms with Gasteiger partial charge in [0.2, 0.25) is 0 Å². The molecule has 6 heteroatoms. The lowest BCUT2D eigenvalue weighted by molar-refractivity contribution is 0.0690. The second kappa shape index (κ2) is 8.88. The van der Waals surface area contributed by atoms with E-state index < -0.39 is 9.84 Å². The smallest absolute Gasteiger partial charge is 0.254 e. The predicted molar refractivity (Wildman–Crippen MR) is 113 cm³/mol. The van der Waals surface area contributed by atoms with Gasteiger partial charge in [-0.05, 0) is 56.7 Å². The summed E-state index contributed by atoms with van der Waals surface area (Å²) in [6, 6.07) is 17.4. The molecule has 1 heterocycles. The van der Waals surface area contributed by atoms with Gasteiger partial charge in [0.05, 0.1) is 11.5 Å². The Morgan fingerprint density at radius 2 is 1.61 bits per heavy atom. The molecule has 1 fully saturated rings. The summed E-state index contributed by atoms with van der Waals surface area (Å²) in [5, 5.41) is 0. The minimum absolute atomic E-state index is 0.0722. The van der Waals surface area contributed by atoms with Gasteiger partial charge in [-0.25, -0.2) is 8.42 Å². The van der Waals surface area contributed by atoms with E-state index in [4.69, 9.17) is 0 Å². The Bertz CT molecular complexity index is 893. The van der Waals surface area contributed by atoms with Crippen LogP contribution in [0.25, 0.3) is 11.1 Å². The Hall–Kier alpha value is -2.18. The van der Waals surface area contributed by atoms with Crippen molar-refractivity contribution in [3.05, 3.63) is 60.2 Å². The first-order chi connectivity index (χ1) is 13.4. The van der Waals surface area contributed by atoms with Gasteiger partial charge < -0.3 is 9.80 Å². The summed E-state index contributed by atoms with van der Waals surface area (Å²) in [4.78, 5) is 17.0. The number of hydrogen-bond donors (Lipinski definition) is 0. The molecule has 1 aliphatic rings. The summed E-state index contributed by atoms with van der Waals surface area (Å²) < 4.78 is 23.9. The highest BCUT2D eigenvalue weighted by molar-refractivity contribution is 7.91. The van der Waals surface area contributed by atoms with Crippen molar-refractivity contribution in [2.45, 2.75) is 18.9 Å². The Labute approximate surface area is 167 Å². The average Bonchev–Trinajstić information content (AvgIpc) is 3.05. The fraction of sp³-hybridized carbons (Fsp3) is 0.409. The van der Waals surface area contributed by atoms with Crippen LogP contribution in [0.3, 0.4) is 0 Å². The summed E-state index contributed by atoms with van der Waals surface area (Å²) in [5.74, 6) is 0.158. The van der Waals surface area contributed by atoms with E-state index in [1.807, 2.05) is 68.7 Å². The Morgan fingerprint density at radius 1 is 0.964 bits per heavy atom. The van der Waals surface area contributed by atoms with Gasteiger partial charge in [0.15, 0.2) is 9.84 Å². The second-order valence-electron chi connectivity index (χ2n) is 7.66. The van der Waals surface area contributed by atoms with E-state index in [0.717, 1.165) is 24.1 Å². The molecule has 0 N–H and O–H groups in total. The van der Waals surface area contributed by atoms with Crippen LogP contribution >= 0.6 is 0 Å². The van der Waals surface area contributed by atoms with Crippen LogP contribution in [-0.4, -0.2) is 68.9 Å². The van der Waals surface area contributed by atoms with Crippen molar-refractivity contribution in [1.29, 1.82) is 0 Å². The molecule has 0 spiro atoms. The highest BCUT2D eigenvalue weighted by Gasteiger charge is 2.34. The van der Waals surface area contributed by atoms with Gasteiger partial charge in [0.1, 0.15) is 0 Å². The van der Waals surface area contributed by atoms with Crippen LogP contribution in [0, 0.1) is 0 Å². The molecule has 5 nitrogen and oxygen atoms in total. The normalized spacial score (nSPS) is 18.3. The number of benzene rings is 2. The third kappa shape index (κ3) is 5.20. The SMILES string of the molecule is CN(C)CCCN(C(=O)c1ccc(-c2ccccc2)cc1)C1CCS(=O)(=O)C1. The summed E-state index contributed by atoms with van der Waals surface area (Å²) in [6.07, 6.45) is 1.34. The number of amides is 1. The van der Waals surface area contributed by atoms with Gasteiger partial charge >= 0.3 is 0 Å². The van der Waals surface area contributed by atoms with Gasteiger partial charge in [0.25, 0.3) is 5.91 Å². The molecule has 0 radical (unpaired) electrons. The number of carbonyl (C=O) groups excluding carboxylic acids is 1. The van der Waals surface area contributed by atoms with Gasteiger partial charge in [0, 0.05) is 18.2 Å². The van der Waals surface area contributed by atoms with Gasteiger partial charge in [-0.2, -0.15) is 0 Å². The van der Waals surface area contributed by atoms with Crippen molar-refractivity contribution in [2.24, 2.45) is 0 Å². The Morgan fingerprint density at radius 3 is 2.18 bits per heavy atom. The molecule has 28 heavy (non-hydrogen) atoms. The maximum atomic E-state index is 13.2. The standard InChI is InChI=1S/C22H28N2O3S/c1-23(2)14-6-15-24(21-13-16-28(26,27)17-21)22(25)20-11-9-19(10-12-20)18-7-4-3-5-8-18/h3-5,7-12,21H,6,13-17H2,1-2H3. The van der Waals surface area contributed by atoms with Crippen LogP contribution in [0.2, 0.25) is 0 Å². The lowest BCUT2D eigenvalue weighted by atomic mass is 10.0. The third-order valence-electron chi connectivity index (χ3n) is 5.15. The predicted octanol–water partition coefficient (Wildman–Crippen LogP) is 2.93. The van der Waals surface area contributed by atoms with Crippen molar-refractivity contribution < 1.29 is 13.2 Å². The second-order valence-corrected chi connectivity index (χ2v) is 9.88. The molecule has 1 atom stereocenters. The zero-order chi connectivity index (χ0) is 20.1. The molecule has 0 aromatic heterocycles. The van der Waals surface area contributed by atoms with Crippen LogP contribution in [0.15, 0.2) is 54.6 Å². The van der Waals surface area contributed by atoms with Gasteiger partial charge in [-0.1, -0.05) is 42.5 Å². The van der Waals surface area contributed by atoms with E-state index in [0.29, 0.717) is 18.5 Å². The molecule has 2 aromatic carbocycles. The minimum atomic E-state index is -3.04.